The molecule has 0 bridgehead atoms. The molecule has 1 fully saturated rings. The van der Waals surface area contributed by atoms with Crippen molar-refractivity contribution in [3.8, 4) is 0 Å². The lowest BCUT2D eigenvalue weighted by atomic mass is 10.1. The second kappa shape index (κ2) is 7.36. The zero-order valence-corrected chi connectivity index (χ0v) is 15.0. The van der Waals surface area contributed by atoms with Gasteiger partial charge in [0.15, 0.2) is 5.78 Å². The van der Waals surface area contributed by atoms with Gasteiger partial charge in [0.2, 0.25) is 0 Å². The standard InChI is InChI=1S/C18H19ClN2O2S/c1-12(22)16-7-8-17(24-16)18(23)20-14-11-13(19)5-6-15(14)21-9-3-2-4-10-21/h5-8,11H,2-4,9-10H2,1H3,(H,20,23). The fourth-order valence-corrected chi connectivity index (χ4v) is 3.82. The number of Topliss-reactive ketones (excluding diaryl/α,β-unsaturated/α-hetero) is 1. The first kappa shape index (κ1) is 17.0. The first-order valence-electron chi connectivity index (χ1n) is 8.01. The molecule has 1 aliphatic rings. The summed E-state index contributed by atoms with van der Waals surface area (Å²) < 4.78 is 0. The van der Waals surface area contributed by atoms with Crippen LogP contribution < -0.4 is 10.2 Å². The molecular formula is C18H19ClN2O2S. The van der Waals surface area contributed by atoms with Crippen LogP contribution in [0.15, 0.2) is 30.3 Å². The molecule has 1 aromatic carbocycles. The molecule has 0 saturated carbocycles. The molecule has 0 unspecified atom stereocenters. The third kappa shape index (κ3) is 3.79. The maximum atomic E-state index is 12.5. The summed E-state index contributed by atoms with van der Waals surface area (Å²) in [7, 11) is 0. The van der Waals surface area contributed by atoms with Crippen LogP contribution in [0.2, 0.25) is 5.02 Å². The zero-order valence-electron chi connectivity index (χ0n) is 13.5. The van der Waals surface area contributed by atoms with Crippen LogP contribution in [0.5, 0.6) is 0 Å². The van der Waals surface area contributed by atoms with E-state index in [9.17, 15) is 9.59 Å². The highest BCUT2D eigenvalue weighted by atomic mass is 35.5. The van der Waals surface area contributed by atoms with E-state index in [1.807, 2.05) is 12.1 Å². The third-order valence-electron chi connectivity index (χ3n) is 4.08. The van der Waals surface area contributed by atoms with E-state index in [4.69, 9.17) is 11.6 Å². The average molecular weight is 363 g/mol. The predicted molar refractivity (Wildman–Crippen MR) is 99.8 cm³/mol. The van der Waals surface area contributed by atoms with Crippen molar-refractivity contribution in [2.45, 2.75) is 26.2 Å². The minimum absolute atomic E-state index is 0.0317. The number of carbonyl (C=O) groups is 2. The molecule has 126 valence electrons. The van der Waals surface area contributed by atoms with E-state index in [0.29, 0.717) is 20.5 Å². The molecule has 24 heavy (non-hydrogen) atoms. The van der Waals surface area contributed by atoms with Gasteiger partial charge in [0.1, 0.15) is 0 Å². The van der Waals surface area contributed by atoms with E-state index in [1.165, 1.54) is 24.7 Å². The molecular weight excluding hydrogens is 344 g/mol. The van der Waals surface area contributed by atoms with E-state index in [-0.39, 0.29) is 11.7 Å². The van der Waals surface area contributed by atoms with E-state index in [0.717, 1.165) is 31.6 Å². The lowest BCUT2D eigenvalue weighted by molar-refractivity contribution is 0.101. The number of hydrogen-bond donors (Lipinski definition) is 1. The number of thiophene rings is 1. The van der Waals surface area contributed by atoms with Gasteiger partial charge in [-0.05, 0) is 56.5 Å². The van der Waals surface area contributed by atoms with Gasteiger partial charge in [-0.25, -0.2) is 0 Å². The molecule has 1 aliphatic heterocycles. The number of rotatable bonds is 4. The smallest absolute Gasteiger partial charge is 0.265 e. The van der Waals surface area contributed by atoms with E-state index in [2.05, 4.69) is 10.2 Å². The van der Waals surface area contributed by atoms with Gasteiger partial charge in [-0.15, -0.1) is 11.3 Å². The average Bonchev–Trinajstić information content (AvgIpc) is 3.06. The fraction of sp³-hybridized carbons (Fsp3) is 0.333. The molecule has 0 aliphatic carbocycles. The number of benzene rings is 1. The van der Waals surface area contributed by atoms with Crippen molar-refractivity contribution in [3.05, 3.63) is 45.1 Å². The molecule has 6 heteroatoms. The number of nitrogens with one attached hydrogen (secondary N) is 1. The molecule has 1 N–H and O–H groups in total. The van der Waals surface area contributed by atoms with Gasteiger partial charge in [0, 0.05) is 18.1 Å². The summed E-state index contributed by atoms with van der Waals surface area (Å²) in [6, 6.07) is 8.95. The summed E-state index contributed by atoms with van der Waals surface area (Å²) in [5.74, 6) is -0.246. The van der Waals surface area contributed by atoms with Crippen molar-refractivity contribution >= 4 is 46.0 Å². The summed E-state index contributed by atoms with van der Waals surface area (Å²) >= 11 is 7.32. The van der Waals surface area contributed by atoms with Crippen molar-refractivity contribution in [2.24, 2.45) is 0 Å². The highest BCUT2D eigenvalue weighted by Crippen LogP contribution is 2.32. The number of amides is 1. The number of halogens is 1. The number of carbonyl (C=O) groups excluding carboxylic acids is 2. The number of ketones is 1. The maximum Gasteiger partial charge on any atom is 0.265 e. The number of anilines is 2. The lowest BCUT2D eigenvalue weighted by Gasteiger charge is -2.30. The summed E-state index contributed by atoms with van der Waals surface area (Å²) in [6.07, 6.45) is 3.56. The van der Waals surface area contributed by atoms with Crippen LogP contribution in [0.4, 0.5) is 11.4 Å². The Balaban J connectivity index is 1.83. The van der Waals surface area contributed by atoms with Crippen LogP contribution in [0.3, 0.4) is 0 Å². The highest BCUT2D eigenvalue weighted by Gasteiger charge is 2.18. The second-order valence-electron chi connectivity index (χ2n) is 5.88. The van der Waals surface area contributed by atoms with E-state index in [1.54, 1.807) is 18.2 Å². The molecule has 0 atom stereocenters. The molecule has 3 rings (SSSR count). The Morgan fingerprint density at radius 1 is 1.08 bits per heavy atom. The SMILES string of the molecule is CC(=O)c1ccc(C(=O)Nc2cc(Cl)ccc2N2CCCCC2)s1. The Morgan fingerprint density at radius 3 is 2.46 bits per heavy atom. The predicted octanol–water partition coefficient (Wildman–Crippen LogP) is 4.85. The van der Waals surface area contributed by atoms with Gasteiger partial charge in [-0.2, -0.15) is 0 Å². The Hall–Kier alpha value is -1.85. The summed E-state index contributed by atoms with van der Waals surface area (Å²) in [6.45, 7) is 3.47. The van der Waals surface area contributed by atoms with Gasteiger partial charge < -0.3 is 10.2 Å². The monoisotopic (exact) mass is 362 g/mol. The van der Waals surface area contributed by atoms with Crippen molar-refractivity contribution in [1.29, 1.82) is 0 Å². The molecule has 2 heterocycles. The van der Waals surface area contributed by atoms with Gasteiger partial charge in [0.05, 0.1) is 21.1 Å². The molecule has 2 aromatic rings. The summed E-state index contributed by atoms with van der Waals surface area (Å²) in [4.78, 5) is 27.3. The number of piperidine rings is 1. The topological polar surface area (TPSA) is 49.4 Å². The number of hydrogen-bond acceptors (Lipinski definition) is 4. The van der Waals surface area contributed by atoms with Crippen LogP contribution >= 0.6 is 22.9 Å². The zero-order chi connectivity index (χ0) is 17.1. The minimum Gasteiger partial charge on any atom is -0.370 e. The van der Waals surface area contributed by atoms with E-state index < -0.39 is 0 Å². The van der Waals surface area contributed by atoms with Gasteiger partial charge >= 0.3 is 0 Å². The lowest BCUT2D eigenvalue weighted by Crippen LogP contribution is -2.30. The Morgan fingerprint density at radius 2 is 1.79 bits per heavy atom. The van der Waals surface area contributed by atoms with Crippen molar-refractivity contribution in [3.63, 3.8) is 0 Å². The molecule has 1 aromatic heterocycles. The Bertz CT molecular complexity index is 766. The Labute approximate surface area is 150 Å². The summed E-state index contributed by atoms with van der Waals surface area (Å²) in [5, 5.41) is 3.54. The first-order valence-corrected chi connectivity index (χ1v) is 9.20. The van der Waals surface area contributed by atoms with E-state index >= 15 is 0 Å². The molecule has 4 nitrogen and oxygen atoms in total. The first-order chi connectivity index (χ1) is 11.5. The van der Waals surface area contributed by atoms with Crippen molar-refractivity contribution in [2.75, 3.05) is 23.3 Å². The van der Waals surface area contributed by atoms with Gasteiger partial charge in [-0.3, -0.25) is 9.59 Å². The quantitative estimate of drug-likeness (QED) is 0.791. The molecule has 0 radical (unpaired) electrons. The molecule has 1 amide bonds. The number of nitrogens with zero attached hydrogens (tertiary/aromatic N) is 1. The largest absolute Gasteiger partial charge is 0.370 e. The molecule has 1 saturated heterocycles. The highest BCUT2D eigenvalue weighted by molar-refractivity contribution is 7.16. The van der Waals surface area contributed by atoms with Gasteiger partial charge in [-0.1, -0.05) is 11.6 Å². The van der Waals surface area contributed by atoms with Crippen molar-refractivity contribution in [1.82, 2.24) is 0 Å². The molecule has 0 spiro atoms. The second-order valence-corrected chi connectivity index (χ2v) is 7.40. The van der Waals surface area contributed by atoms with Crippen LogP contribution in [-0.2, 0) is 0 Å². The maximum absolute atomic E-state index is 12.5. The minimum atomic E-state index is -0.215. The fourth-order valence-electron chi connectivity index (χ4n) is 2.85. The van der Waals surface area contributed by atoms with Crippen LogP contribution in [0.1, 0.15) is 45.5 Å². The van der Waals surface area contributed by atoms with Crippen molar-refractivity contribution < 1.29 is 9.59 Å². The van der Waals surface area contributed by atoms with Crippen LogP contribution in [0.25, 0.3) is 0 Å². The van der Waals surface area contributed by atoms with Crippen LogP contribution in [0, 0.1) is 0 Å². The Kier molecular flexibility index (Phi) is 5.21. The summed E-state index contributed by atoms with van der Waals surface area (Å²) in [5.41, 5.74) is 1.71. The van der Waals surface area contributed by atoms with Crippen LogP contribution in [-0.4, -0.2) is 24.8 Å². The van der Waals surface area contributed by atoms with Gasteiger partial charge in [0.25, 0.3) is 5.91 Å². The normalized spacial score (nSPS) is 14.5. The third-order valence-corrected chi connectivity index (χ3v) is 5.50.